The molecule has 0 bridgehead atoms. The summed E-state index contributed by atoms with van der Waals surface area (Å²) in [6.45, 7) is 9.71. The van der Waals surface area contributed by atoms with Crippen LogP contribution >= 0.6 is 15.6 Å². The van der Waals surface area contributed by atoms with Crippen molar-refractivity contribution in [1.82, 2.24) is 0 Å². The normalized spacial score (nSPS) is 13.9. The first kappa shape index (κ1) is 100. The zero-order valence-electron chi connectivity index (χ0n) is 66.9. The maximum absolute atomic E-state index is 13.1. The van der Waals surface area contributed by atoms with E-state index in [1.54, 1.807) is 0 Å². The number of unbranched alkanes of at least 4 members (excludes halogenated alkanes) is 52. The maximum atomic E-state index is 13.1. The molecule has 2 unspecified atom stereocenters. The SMILES string of the molecule is CCCCCCCCCCCCCCCC(=O)O[C@H](COC(=O)CCCCCCCCCCCC)COP(=O)(O)OC[C@H](O)COP(=O)(O)OC[C@@H](COC(=O)CCCCCCCCCCCCCCCCCC(C)C)OC(=O)CCCCCCCCCCCCCCCCCCCCC(C)C. The van der Waals surface area contributed by atoms with Crippen molar-refractivity contribution in [2.24, 2.45) is 11.8 Å². The monoisotopic (exact) mass is 1490 g/mol. The molecule has 0 aliphatic carbocycles. The molecule has 0 amide bonds. The zero-order chi connectivity index (χ0) is 74.9. The second kappa shape index (κ2) is 74.5. The highest BCUT2D eigenvalue weighted by atomic mass is 31.2. The van der Waals surface area contributed by atoms with Gasteiger partial charge in [-0.3, -0.25) is 37.3 Å². The number of esters is 4. The average Bonchev–Trinajstić information content (AvgIpc) is 0.913. The molecule has 0 aliphatic heterocycles. The summed E-state index contributed by atoms with van der Waals surface area (Å²) in [4.78, 5) is 73.1. The summed E-state index contributed by atoms with van der Waals surface area (Å²) < 4.78 is 68.8. The van der Waals surface area contributed by atoms with Gasteiger partial charge in [0.25, 0.3) is 0 Å². The number of hydrogen-bond acceptors (Lipinski definition) is 15. The van der Waals surface area contributed by atoms with Crippen LogP contribution in [-0.2, 0) is 65.4 Å². The Morgan fingerprint density at radius 1 is 0.265 bits per heavy atom. The van der Waals surface area contributed by atoms with Crippen molar-refractivity contribution in [3.63, 3.8) is 0 Å². The van der Waals surface area contributed by atoms with E-state index in [4.69, 9.17) is 37.0 Å². The molecule has 0 aromatic rings. The lowest BCUT2D eigenvalue weighted by atomic mass is 10.0. The molecule has 0 aromatic heterocycles. The van der Waals surface area contributed by atoms with Gasteiger partial charge in [-0.25, -0.2) is 9.13 Å². The van der Waals surface area contributed by atoms with Gasteiger partial charge in [0.2, 0.25) is 0 Å². The number of ether oxygens (including phenoxy) is 4. The second-order valence-electron chi connectivity index (χ2n) is 30.8. The van der Waals surface area contributed by atoms with Crippen LogP contribution in [0.2, 0.25) is 0 Å². The molecule has 0 rings (SSSR count). The van der Waals surface area contributed by atoms with Crippen molar-refractivity contribution in [3.05, 3.63) is 0 Å². The van der Waals surface area contributed by atoms with Crippen molar-refractivity contribution in [2.75, 3.05) is 39.6 Å². The lowest BCUT2D eigenvalue weighted by Gasteiger charge is -2.21. The van der Waals surface area contributed by atoms with Crippen molar-refractivity contribution in [1.29, 1.82) is 0 Å². The first-order valence-electron chi connectivity index (χ1n) is 43.0. The Morgan fingerprint density at radius 3 is 0.667 bits per heavy atom. The number of phosphoric acid groups is 2. The Labute approximate surface area is 626 Å². The van der Waals surface area contributed by atoms with Crippen LogP contribution in [0.5, 0.6) is 0 Å². The van der Waals surface area contributed by atoms with Crippen LogP contribution < -0.4 is 0 Å². The molecule has 0 aliphatic rings. The maximum Gasteiger partial charge on any atom is 0.472 e. The van der Waals surface area contributed by atoms with E-state index >= 15 is 0 Å². The third-order valence-corrected chi connectivity index (χ3v) is 21.4. The van der Waals surface area contributed by atoms with Crippen LogP contribution in [-0.4, -0.2) is 96.7 Å². The first-order chi connectivity index (χ1) is 49.4. The highest BCUT2D eigenvalue weighted by Crippen LogP contribution is 2.45. The van der Waals surface area contributed by atoms with Gasteiger partial charge in [0.15, 0.2) is 12.2 Å². The lowest BCUT2D eigenvalue weighted by Crippen LogP contribution is -2.30. The molecule has 5 atom stereocenters. The minimum atomic E-state index is -4.96. The molecule has 0 heterocycles. The molecule has 0 spiro atoms. The molecule has 19 heteroatoms. The molecule has 0 fully saturated rings. The van der Waals surface area contributed by atoms with Gasteiger partial charge in [0.05, 0.1) is 26.4 Å². The summed E-state index contributed by atoms with van der Waals surface area (Å²) >= 11 is 0. The van der Waals surface area contributed by atoms with Gasteiger partial charge in [-0.05, 0) is 37.5 Å². The fourth-order valence-corrected chi connectivity index (χ4v) is 14.5. The van der Waals surface area contributed by atoms with Gasteiger partial charge in [0, 0.05) is 25.7 Å². The minimum Gasteiger partial charge on any atom is -0.462 e. The third kappa shape index (κ3) is 76.3. The van der Waals surface area contributed by atoms with Crippen LogP contribution in [0.1, 0.15) is 440 Å². The number of carbonyl (C=O) groups excluding carboxylic acids is 4. The average molecular weight is 1490 g/mol. The summed E-state index contributed by atoms with van der Waals surface area (Å²) in [5, 5.41) is 10.6. The summed E-state index contributed by atoms with van der Waals surface area (Å²) in [7, 11) is -9.92. The largest absolute Gasteiger partial charge is 0.472 e. The quantitative estimate of drug-likeness (QED) is 0.0222. The van der Waals surface area contributed by atoms with Gasteiger partial charge < -0.3 is 33.8 Å². The Kier molecular flexibility index (Phi) is 73.1. The highest BCUT2D eigenvalue weighted by Gasteiger charge is 2.30. The minimum absolute atomic E-state index is 0.108. The molecule has 0 radical (unpaired) electrons. The second-order valence-corrected chi connectivity index (χ2v) is 33.7. The summed E-state index contributed by atoms with van der Waals surface area (Å²) in [5.74, 6) is -0.478. The zero-order valence-corrected chi connectivity index (χ0v) is 68.7. The Bertz CT molecular complexity index is 1960. The number of aliphatic hydroxyl groups excluding tert-OH is 1. The first-order valence-corrected chi connectivity index (χ1v) is 46.0. The van der Waals surface area contributed by atoms with Crippen LogP contribution in [0.15, 0.2) is 0 Å². The van der Waals surface area contributed by atoms with E-state index in [0.29, 0.717) is 25.7 Å². The molecular weight excluding hydrogens is 1330 g/mol. The summed E-state index contributed by atoms with van der Waals surface area (Å²) in [5.41, 5.74) is 0. The Hall–Kier alpha value is -1.94. The van der Waals surface area contributed by atoms with E-state index in [9.17, 15) is 43.2 Å². The number of rotatable bonds is 82. The van der Waals surface area contributed by atoms with E-state index in [1.165, 1.54) is 257 Å². The van der Waals surface area contributed by atoms with Gasteiger partial charge in [0.1, 0.15) is 19.3 Å². The Balaban J connectivity index is 5.22. The van der Waals surface area contributed by atoms with E-state index in [1.807, 2.05) is 0 Å². The number of hydrogen-bond donors (Lipinski definition) is 3. The standard InChI is InChI=1S/C83H162O17P2/c1-7-9-11-13-15-17-19-29-37-43-49-55-61-67-82(87)99-78(71-93-80(85)65-59-53-47-41-18-16-14-12-10-8-2)73-97-101(89,90)95-69-77(84)70-96-102(91,92)98-74-79(72-94-81(86)66-60-54-48-42-36-32-28-24-26-31-35-40-46-52-58-64-76(5)6)100-83(88)68-62-56-50-44-38-33-27-23-21-20-22-25-30-34-39-45-51-57-63-75(3)4/h75-79,84H,7-74H2,1-6H3,(H,89,90)(H,91,92)/t77-,78+,79+/m0/s1. The van der Waals surface area contributed by atoms with Crippen molar-refractivity contribution in [3.8, 4) is 0 Å². The van der Waals surface area contributed by atoms with E-state index < -0.39 is 97.5 Å². The molecule has 3 N–H and O–H groups in total. The lowest BCUT2D eigenvalue weighted by molar-refractivity contribution is -0.161. The van der Waals surface area contributed by atoms with Gasteiger partial charge in [-0.2, -0.15) is 0 Å². The predicted octanol–water partition coefficient (Wildman–Crippen LogP) is 25.1. The molecule has 606 valence electrons. The third-order valence-electron chi connectivity index (χ3n) is 19.5. The van der Waals surface area contributed by atoms with E-state index in [2.05, 4.69) is 41.5 Å². The van der Waals surface area contributed by atoms with Crippen LogP contribution in [0.25, 0.3) is 0 Å². The van der Waals surface area contributed by atoms with Crippen LogP contribution in [0.4, 0.5) is 0 Å². The topological polar surface area (TPSA) is 237 Å². The summed E-state index contributed by atoms with van der Waals surface area (Å²) in [6, 6.07) is 0. The van der Waals surface area contributed by atoms with Gasteiger partial charge in [-0.1, -0.05) is 388 Å². The molecule has 102 heavy (non-hydrogen) atoms. The number of carbonyl (C=O) groups is 4. The van der Waals surface area contributed by atoms with Crippen molar-refractivity contribution in [2.45, 2.75) is 458 Å². The highest BCUT2D eigenvalue weighted by molar-refractivity contribution is 7.47. The number of phosphoric ester groups is 2. The fourth-order valence-electron chi connectivity index (χ4n) is 12.9. The van der Waals surface area contributed by atoms with Crippen LogP contribution in [0, 0.1) is 11.8 Å². The predicted molar refractivity (Wildman–Crippen MR) is 418 cm³/mol. The smallest absolute Gasteiger partial charge is 0.462 e. The van der Waals surface area contributed by atoms with Crippen molar-refractivity contribution >= 4 is 39.5 Å². The Morgan fingerprint density at radius 2 is 0.451 bits per heavy atom. The molecule has 0 aromatic carbocycles. The summed E-state index contributed by atoms with van der Waals surface area (Å²) in [6.07, 6.45) is 65.2. The number of aliphatic hydroxyl groups is 1. The van der Waals surface area contributed by atoms with Gasteiger partial charge in [-0.15, -0.1) is 0 Å². The van der Waals surface area contributed by atoms with E-state index in [0.717, 1.165) is 102 Å². The van der Waals surface area contributed by atoms with E-state index in [-0.39, 0.29) is 25.7 Å². The molecule has 17 nitrogen and oxygen atoms in total. The fraction of sp³-hybridized carbons (Fsp3) is 0.952. The van der Waals surface area contributed by atoms with Crippen molar-refractivity contribution < 1.29 is 80.2 Å². The molecule has 0 saturated carbocycles. The van der Waals surface area contributed by atoms with Gasteiger partial charge >= 0.3 is 39.5 Å². The molecular formula is C83H162O17P2. The van der Waals surface area contributed by atoms with Crippen LogP contribution in [0.3, 0.4) is 0 Å². The molecule has 0 saturated heterocycles.